The summed E-state index contributed by atoms with van der Waals surface area (Å²) in [4.78, 5) is 22.3. The zero-order valence-electron chi connectivity index (χ0n) is 11.7. The number of carboxylic acids is 1. The van der Waals surface area contributed by atoms with Crippen LogP contribution < -0.4 is 5.32 Å². The van der Waals surface area contributed by atoms with Gasteiger partial charge in [0, 0.05) is 22.7 Å². The van der Waals surface area contributed by atoms with Crippen molar-refractivity contribution in [2.24, 2.45) is 5.41 Å². The zero-order chi connectivity index (χ0) is 15.3. The predicted octanol–water partition coefficient (Wildman–Crippen LogP) is 3.30. The first kappa shape index (κ1) is 15.9. The van der Waals surface area contributed by atoms with Crippen molar-refractivity contribution in [2.45, 2.75) is 27.2 Å². The molecule has 108 valence electrons. The topological polar surface area (TPSA) is 66.4 Å². The quantitative estimate of drug-likeness (QED) is 0.813. The third-order valence-corrected chi connectivity index (χ3v) is 3.16. The summed E-state index contributed by atoms with van der Waals surface area (Å²) < 4.78 is 13.7. The summed E-state index contributed by atoms with van der Waals surface area (Å²) in [5, 5.41) is 11.1. The smallest absolute Gasteiger partial charge is 0.328 e. The van der Waals surface area contributed by atoms with E-state index in [-0.39, 0.29) is 11.5 Å². The first-order valence-corrected chi connectivity index (χ1v) is 6.28. The number of benzene rings is 1. The molecule has 1 rings (SSSR count). The van der Waals surface area contributed by atoms with Gasteiger partial charge in [0.1, 0.15) is 5.82 Å². The van der Waals surface area contributed by atoms with Gasteiger partial charge in [-0.25, -0.2) is 9.18 Å². The Bertz CT molecular complexity index is 550. The van der Waals surface area contributed by atoms with E-state index in [1.165, 1.54) is 24.3 Å². The molecule has 0 aliphatic heterocycles. The van der Waals surface area contributed by atoms with Crippen molar-refractivity contribution >= 4 is 23.6 Å². The van der Waals surface area contributed by atoms with Crippen LogP contribution in [0.15, 0.2) is 24.3 Å². The van der Waals surface area contributed by atoms with Crippen LogP contribution in [0.4, 0.5) is 10.1 Å². The lowest BCUT2D eigenvalue weighted by Crippen LogP contribution is -2.30. The Kier molecular flexibility index (Phi) is 5.02. The molecule has 1 aromatic carbocycles. The Balaban J connectivity index is 2.88. The second-order valence-electron chi connectivity index (χ2n) is 5.10. The van der Waals surface area contributed by atoms with Gasteiger partial charge in [-0.1, -0.05) is 20.8 Å². The monoisotopic (exact) mass is 279 g/mol. The molecule has 0 fully saturated rings. The molecule has 4 nitrogen and oxygen atoms in total. The van der Waals surface area contributed by atoms with Crippen molar-refractivity contribution in [3.05, 3.63) is 35.7 Å². The molecule has 20 heavy (non-hydrogen) atoms. The van der Waals surface area contributed by atoms with Gasteiger partial charge in [-0.05, 0) is 30.7 Å². The molecule has 0 saturated carbocycles. The molecule has 0 aliphatic rings. The maximum Gasteiger partial charge on any atom is 0.328 e. The summed E-state index contributed by atoms with van der Waals surface area (Å²) in [5.74, 6) is -1.92. The fourth-order valence-electron chi connectivity index (χ4n) is 1.36. The van der Waals surface area contributed by atoms with Gasteiger partial charge in [-0.15, -0.1) is 0 Å². The highest BCUT2D eigenvalue weighted by atomic mass is 19.1. The van der Waals surface area contributed by atoms with Crippen molar-refractivity contribution in [3.63, 3.8) is 0 Å². The van der Waals surface area contributed by atoms with E-state index < -0.39 is 17.2 Å². The van der Waals surface area contributed by atoms with Crippen LogP contribution in [0.1, 0.15) is 32.8 Å². The number of anilines is 1. The lowest BCUT2D eigenvalue weighted by Gasteiger charge is -2.21. The number of carboxylic acid groups (broad SMARTS) is 1. The predicted molar refractivity (Wildman–Crippen MR) is 75.8 cm³/mol. The van der Waals surface area contributed by atoms with E-state index in [4.69, 9.17) is 5.11 Å². The normalized spacial score (nSPS) is 11.6. The van der Waals surface area contributed by atoms with E-state index in [2.05, 4.69) is 5.32 Å². The van der Waals surface area contributed by atoms with Crippen LogP contribution in [0, 0.1) is 11.2 Å². The molecule has 5 heteroatoms. The number of hydrogen-bond donors (Lipinski definition) is 2. The maximum atomic E-state index is 13.7. The standard InChI is InChI=1S/C15H18FNO3/c1-4-15(2,3)14(20)17-11-7-5-10(12(16)9-11)6-8-13(18)19/h5-9H,4H2,1-3H3,(H,17,20)(H,18,19). The van der Waals surface area contributed by atoms with Gasteiger partial charge in [-0.3, -0.25) is 4.79 Å². The summed E-state index contributed by atoms with van der Waals surface area (Å²) in [6, 6.07) is 4.13. The van der Waals surface area contributed by atoms with Gasteiger partial charge in [0.05, 0.1) is 0 Å². The fourth-order valence-corrected chi connectivity index (χ4v) is 1.36. The Labute approximate surface area is 117 Å². The second kappa shape index (κ2) is 6.32. The van der Waals surface area contributed by atoms with E-state index in [9.17, 15) is 14.0 Å². The molecule has 0 aliphatic carbocycles. The summed E-state index contributed by atoms with van der Waals surface area (Å²) in [6.07, 6.45) is 2.69. The molecular formula is C15H18FNO3. The Morgan fingerprint density at radius 2 is 2.05 bits per heavy atom. The van der Waals surface area contributed by atoms with Crippen molar-refractivity contribution in [1.82, 2.24) is 0 Å². The highest BCUT2D eigenvalue weighted by Gasteiger charge is 2.25. The zero-order valence-corrected chi connectivity index (χ0v) is 11.7. The molecule has 1 aromatic rings. The van der Waals surface area contributed by atoms with Crippen molar-refractivity contribution in [2.75, 3.05) is 5.32 Å². The maximum absolute atomic E-state index is 13.7. The van der Waals surface area contributed by atoms with Crippen molar-refractivity contribution in [3.8, 4) is 0 Å². The summed E-state index contributed by atoms with van der Waals surface area (Å²) >= 11 is 0. The molecule has 0 unspecified atom stereocenters. The molecule has 0 heterocycles. The van der Waals surface area contributed by atoms with Crippen LogP contribution in [0.3, 0.4) is 0 Å². The lowest BCUT2D eigenvalue weighted by molar-refractivity contribution is -0.131. The molecule has 2 N–H and O–H groups in total. The minimum Gasteiger partial charge on any atom is -0.478 e. The van der Waals surface area contributed by atoms with Gasteiger partial charge in [0.2, 0.25) is 5.91 Å². The minimum atomic E-state index is -1.15. The van der Waals surface area contributed by atoms with Gasteiger partial charge >= 0.3 is 5.97 Å². The number of carbonyl (C=O) groups is 2. The highest BCUT2D eigenvalue weighted by Crippen LogP contribution is 2.23. The minimum absolute atomic E-state index is 0.153. The fraction of sp³-hybridized carbons (Fsp3) is 0.333. The van der Waals surface area contributed by atoms with Gasteiger partial charge in [0.25, 0.3) is 0 Å². The number of nitrogens with one attached hydrogen (secondary N) is 1. The van der Waals surface area contributed by atoms with E-state index in [1.807, 2.05) is 20.8 Å². The molecule has 0 radical (unpaired) electrons. The molecule has 0 aromatic heterocycles. The van der Waals surface area contributed by atoms with Gasteiger partial charge < -0.3 is 10.4 Å². The Morgan fingerprint density at radius 3 is 2.55 bits per heavy atom. The van der Waals surface area contributed by atoms with Crippen LogP contribution in [0.2, 0.25) is 0 Å². The van der Waals surface area contributed by atoms with Crippen molar-refractivity contribution in [1.29, 1.82) is 0 Å². The first-order chi connectivity index (χ1) is 9.26. The Hall–Kier alpha value is -2.17. The van der Waals surface area contributed by atoms with Crippen LogP contribution in [-0.2, 0) is 9.59 Å². The third-order valence-electron chi connectivity index (χ3n) is 3.16. The molecular weight excluding hydrogens is 261 g/mol. The lowest BCUT2D eigenvalue weighted by atomic mass is 9.89. The van der Waals surface area contributed by atoms with E-state index >= 15 is 0 Å². The molecule has 1 amide bonds. The number of halogens is 1. The van der Waals surface area contributed by atoms with Crippen LogP contribution >= 0.6 is 0 Å². The molecule has 0 spiro atoms. The third kappa shape index (κ3) is 4.19. The van der Waals surface area contributed by atoms with E-state index in [0.29, 0.717) is 12.1 Å². The number of hydrogen-bond acceptors (Lipinski definition) is 2. The van der Waals surface area contributed by atoms with E-state index in [0.717, 1.165) is 6.08 Å². The van der Waals surface area contributed by atoms with E-state index in [1.54, 1.807) is 0 Å². The van der Waals surface area contributed by atoms with Gasteiger partial charge in [0.15, 0.2) is 0 Å². The number of aliphatic carboxylic acids is 1. The van der Waals surface area contributed by atoms with Crippen LogP contribution in [0.25, 0.3) is 6.08 Å². The first-order valence-electron chi connectivity index (χ1n) is 6.28. The number of rotatable bonds is 5. The second-order valence-corrected chi connectivity index (χ2v) is 5.10. The molecule has 0 bridgehead atoms. The number of carbonyl (C=O) groups excluding carboxylic acids is 1. The summed E-state index contributed by atoms with van der Waals surface area (Å²) in [7, 11) is 0. The van der Waals surface area contributed by atoms with Gasteiger partial charge in [-0.2, -0.15) is 0 Å². The van der Waals surface area contributed by atoms with Crippen LogP contribution in [0.5, 0.6) is 0 Å². The Morgan fingerprint density at radius 1 is 1.40 bits per heavy atom. The average Bonchev–Trinajstić information content (AvgIpc) is 2.37. The van der Waals surface area contributed by atoms with Crippen molar-refractivity contribution < 1.29 is 19.1 Å². The molecule has 0 saturated heterocycles. The molecule has 0 atom stereocenters. The largest absolute Gasteiger partial charge is 0.478 e. The highest BCUT2D eigenvalue weighted by molar-refractivity contribution is 5.95. The average molecular weight is 279 g/mol. The summed E-state index contributed by atoms with van der Waals surface area (Å²) in [6.45, 7) is 5.52. The van der Waals surface area contributed by atoms with Crippen LogP contribution in [-0.4, -0.2) is 17.0 Å². The number of amides is 1. The summed E-state index contributed by atoms with van der Waals surface area (Å²) in [5.41, 5.74) is -0.0279. The SMILES string of the molecule is CCC(C)(C)C(=O)Nc1ccc(C=CC(=O)O)c(F)c1.